The lowest BCUT2D eigenvalue weighted by Crippen LogP contribution is -2.33. The number of hydrogen-bond acceptors (Lipinski definition) is 7. The van der Waals surface area contributed by atoms with E-state index < -0.39 is 6.09 Å². The molecule has 0 aliphatic carbocycles. The SMILES string of the molecule is COC(=O)N1C=Cc2cc(OC)c(OC)cc2C1Cc1cc(OC)c(OC)c(OC)c1. The van der Waals surface area contributed by atoms with Gasteiger partial charge in [0, 0.05) is 6.20 Å². The fourth-order valence-electron chi connectivity index (χ4n) is 3.74. The Balaban J connectivity index is 2.11. The highest BCUT2D eigenvalue weighted by atomic mass is 16.5. The minimum atomic E-state index is -0.464. The van der Waals surface area contributed by atoms with Gasteiger partial charge in [-0.15, -0.1) is 0 Å². The average Bonchev–Trinajstić information content (AvgIpc) is 2.81. The zero-order valence-electron chi connectivity index (χ0n) is 18.6. The average molecular weight is 429 g/mol. The van der Waals surface area contributed by atoms with Crippen LogP contribution in [0.2, 0.25) is 0 Å². The lowest BCUT2D eigenvalue weighted by Gasteiger charge is -2.33. The van der Waals surface area contributed by atoms with Gasteiger partial charge in [-0.1, -0.05) is 0 Å². The molecule has 31 heavy (non-hydrogen) atoms. The van der Waals surface area contributed by atoms with Gasteiger partial charge in [-0.3, -0.25) is 4.90 Å². The van der Waals surface area contributed by atoms with Gasteiger partial charge in [0.2, 0.25) is 5.75 Å². The van der Waals surface area contributed by atoms with Crippen molar-refractivity contribution in [3.63, 3.8) is 0 Å². The smallest absolute Gasteiger partial charge is 0.414 e. The van der Waals surface area contributed by atoms with E-state index in [0.717, 1.165) is 16.7 Å². The number of carbonyl (C=O) groups is 1. The monoisotopic (exact) mass is 429 g/mol. The number of carbonyl (C=O) groups excluding carboxylic acids is 1. The number of nitrogens with zero attached hydrogens (tertiary/aromatic N) is 1. The van der Waals surface area contributed by atoms with Crippen LogP contribution in [0.1, 0.15) is 22.7 Å². The van der Waals surface area contributed by atoms with Crippen molar-refractivity contribution in [3.05, 3.63) is 47.2 Å². The summed E-state index contributed by atoms with van der Waals surface area (Å²) in [5, 5.41) is 0. The molecule has 1 heterocycles. The summed E-state index contributed by atoms with van der Waals surface area (Å²) < 4.78 is 32.3. The normalized spacial score (nSPS) is 14.5. The van der Waals surface area contributed by atoms with E-state index in [1.54, 1.807) is 46.6 Å². The lowest BCUT2D eigenvalue weighted by atomic mass is 9.90. The number of hydrogen-bond donors (Lipinski definition) is 0. The third kappa shape index (κ3) is 4.19. The van der Waals surface area contributed by atoms with E-state index in [2.05, 4.69) is 0 Å². The Hall–Kier alpha value is -3.55. The van der Waals surface area contributed by atoms with E-state index >= 15 is 0 Å². The van der Waals surface area contributed by atoms with Crippen molar-refractivity contribution >= 4 is 12.2 Å². The second-order valence-corrected chi connectivity index (χ2v) is 6.78. The van der Waals surface area contributed by atoms with Crippen molar-refractivity contribution in [3.8, 4) is 28.7 Å². The summed E-state index contributed by atoms with van der Waals surface area (Å²) in [7, 11) is 9.22. The molecule has 0 bridgehead atoms. The molecular formula is C23H27NO7. The fourth-order valence-corrected chi connectivity index (χ4v) is 3.74. The van der Waals surface area contributed by atoms with Gasteiger partial charge >= 0.3 is 6.09 Å². The van der Waals surface area contributed by atoms with Crippen molar-refractivity contribution in [1.29, 1.82) is 0 Å². The van der Waals surface area contributed by atoms with Crippen LogP contribution in [0.25, 0.3) is 6.08 Å². The summed E-state index contributed by atoms with van der Waals surface area (Å²) in [5.41, 5.74) is 2.72. The second kappa shape index (κ2) is 9.51. The van der Waals surface area contributed by atoms with Gasteiger partial charge in [-0.2, -0.15) is 0 Å². The van der Waals surface area contributed by atoms with Gasteiger partial charge < -0.3 is 28.4 Å². The minimum absolute atomic E-state index is 0.352. The molecule has 0 fully saturated rings. The van der Waals surface area contributed by atoms with Gasteiger partial charge in [-0.05, 0) is 53.5 Å². The molecule has 8 heteroatoms. The van der Waals surface area contributed by atoms with Gasteiger partial charge in [0.25, 0.3) is 0 Å². The summed E-state index contributed by atoms with van der Waals surface area (Å²) in [5.74, 6) is 2.79. The van der Waals surface area contributed by atoms with Crippen LogP contribution in [-0.4, -0.2) is 53.7 Å². The highest BCUT2D eigenvalue weighted by Gasteiger charge is 2.31. The van der Waals surface area contributed by atoms with Crippen molar-refractivity contribution in [2.75, 3.05) is 42.7 Å². The van der Waals surface area contributed by atoms with Crippen LogP contribution < -0.4 is 23.7 Å². The van der Waals surface area contributed by atoms with Gasteiger partial charge in [0.15, 0.2) is 23.0 Å². The molecule has 2 aromatic carbocycles. The first-order chi connectivity index (χ1) is 15.0. The molecule has 8 nitrogen and oxygen atoms in total. The molecule has 0 N–H and O–H groups in total. The topological polar surface area (TPSA) is 75.7 Å². The zero-order chi connectivity index (χ0) is 22.5. The number of methoxy groups -OCH3 is 6. The number of benzene rings is 2. The molecule has 0 spiro atoms. The summed E-state index contributed by atoms with van der Waals surface area (Å²) >= 11 is 0. The first-order valence-electron chi connectivity index (χ1n) is 9.60. The van der Waals surface area contributed by atoms with E-state index in [0.29, 0.717) is 35.2 Å². The fraction of sp³-hybridized carbons (Fsp3) is 0.348. The molecule has 1 aliphatic rings. The van der Waals surface area contributed by atoms with E-state index in [-0.39, 0.29) is 6.04 Å². The molecule has 2 aromatic rings. The Morgan fingerprint density at radius 2 is 1.39 bits per heavy atom. The van der Waals surface area contributed by atoms with Gasteiger partial charge in [0.1, 0.15) is 0 Å². The molecule has 0 saturated heterocycles. The standard InChI is InChI=1S/C23H27NO7/c1-26-18-12-15-7-8-24(23(25)31-6)17(16(15)13-19(18)27-2)9-14-10-20(28-3)22(30-5)21(11-14)29-4/h7-8,10-13,17H,9H2,1-6H3. The summed E-state index contributed by atoms with van der Waals surface area (Å²) in [6.45, 7) is 0. The molecule has 1 unspecified atom stereocenters. The van der Waals surface area contributed by atoms with E-state index in [1.807, 2.05) is 30.3 Å². The quantitative estimate of drug-likeness (QED) is 0.657. The third-order valence-corrected chi connectivity index (χ3v) is 5.24. The molecule has 1 aliphatic heterocycles. The van der Waals surface area contributed by atoms with Crippen molar-refractivity contribution in [2.45, 2.75) is 12.5 Å². The maximum atomic E-state index is 12.5. The van der Waals surface area contributed by atoms with Crippen LogP contribution in [-0.2, 0) is 11.2 Å². The largest absolute Gasteiger partial charge is 0.493 e. The van der Waals surface area contributed by atoms with Crippen molar-refractivity contribution in [2.24, 2.45) is 0 Å². The molecule has 1 amide bonds. The molecule has 166 valence electrons. The first kappa shape index (κ1) is 22.1. The Labute approximate surface area is 181 Å². The van der Waals surface area contributed by atoms with Crippen LogP contribution in [0.15, 0.2) is 30.5 Å². The van der Waals surface area contributed by atoms with Crippen LogP contribution in [0.3, 0.4) is 0 Å². The van der Waals surface area contributed by atoms with Crippen LogP contribution in [0.4, 0.5) is 4.79 Å². The maximum absolute atomic E-state index is 12.5. The van der Waals surface area contributed by atoms with Crippen molar-refractivity contribution in [1.82, 2.24) is 4.90 Å². The number of fused-ring (bicyclic) bond motifs is 1. The Bertz CT molecular complexity index is 961. The summed E-state index contributed by atoms with van der Waals surface area (Å²) in [6, 6.07) is 7.16. The molecule has 0 radical (unpaired) electrons. The molecule has 3 rings (SSSR count). The summed E-state index contributed by atoms with van der Waals surface area (Å²) in [6.07, 6.45) is 3.57. The zero-order valence-corrected chi connectivity index (χ0v) is 18.6. The molecule has 1 atom stereocenters. The van der Waals surface area contributed by atoms with Crippen LogP contribution in [0, 0.1) is 0 Å². The number of amides is 1. The Kier molecular flexibility index (Phi) is 6.79. The Morgan fingerprint density at radius 1 is 0.806 bits per heavy atom. The van der Waals surface area contributed by atoms with E-state index in [4.69, 9.17) is 28.4 Å². The van der Waals surface area contributed by atoms with E-state index in [1.165, 1.54) is 7.11 Å². The first-order valence-corrected chi connectivity index (χ1v) is 9.60. The summed E-state index contributed by atoms with van der Waals surface area (Å²) in [4.78, 5) is 14.1. The Morgan fingerprint density at radius 3 is 1.90 bits per heavy atom. The van der Waals surface area contributed by atoms with Gasteiger partial charge in [0.05, 0.1) is 48.7 Å². The van der Waals surface area contributed by atoms with E-state index in [9.17, 15) is 4.79 Å². The van der Waals surface area contributed by atoms with Crippen LogP contribution in [0.5, 0.6) is 28.7 Å². The van der Waals surface area contributed by atoms with Crippen LogP contribution >= 0.6 is 0 Å². The lowest BCUT2D eigenvalue weighted by molar-refractivity contribution is 0.125. The van der Waals surface area contributed by atoms with Crippen molar-refractivity contribution < 1.29 is 33.2 Å². The maximum Gasteiger partial charge on any atom is 0.414 e. The third-order valence-electron chi connectivity index (χ3n) is 5.24. The highest BCUT2D eigenvalue weighted by Crippen LogP contribution is 2.43. The highest BCUT2D eigenvalue weighted by molar-refractivity contribution is 5.74. The number of ether oxygens (including phenoxy) is 6. The second-order valence-electron chi connectivity index (χ2n) is 6.78. The molecular weight excluding hydrogens is 402 g/mol. The predicted molar refractivity (Wildman–Crippen MR) is 115 cm³/mol. The molecule has 0 aromatic heterocycles. The predicted octanol–water partition coefficient (Wildman–Crippen LogP) is 4.07. The molecule has 0 saturated carbocycles. The van der Waals surface area contributed by atoms with Gasteiger partial charge in [-0.25, -0.2) is 4.79 Å². The number of rotatable bonds is 7. The minimum Gasteiger partial charge on any atom is -0.493 e.